The van der Waals surface area contributed by atoms with Crippen LogP contribution in [0.4, 0.5) is 5.69 Å². The van der Waals surface area contributed by atoms with E-state index in [0.29, 0.717) is 30.1 Å². The Morgan fingerprint density at radius 3 is 2.08 bits per heavy atom. The molecule has 1 amide bonds. The number of hydrogen-bond donors (Lipinski definition) is 0. The van der Waals surface area contributed by atoms with Crippen LogP contribution in [0.25, 0.3) is 0 Å². The third kappa shape index (κ3) is 4.42. The Labute approximate surface area is 155 Å². The number of ether oxygens (including phenoxy) is 2. The first-order valence-corrected chi connectivity index (χ1v) is 8.71. The van der Waals surface area contributed by atoms with Gasteiger partial charge in [0.15, 0.2) is 0 Å². The lowest BCUT2D eigenvalue weighted by atomic mass is 10.1. The third-order valence-corrected chi connectivity index (χ3v) is 4.28. The second-order valence-corrected chi connectivity index (χ2v) is 5.79. The summed E-state index contributed by atoms with van der Waals surface area (Å²) in [5.74, 6) is 1.39. The molecule has 0 saturated heterocycles. The number of methoxy groups -OCH3 is 2. The molecule has 2 rings (SSSR count). The van der Waals surface area contributed by atoms with Crippen LogP contribution in [0.15, 0.2) is 47.5 Å². The Balaban J connectivity index is 2.45. The highest BCUT2D eigenvalue weighted by Crippen LogP contribution is 2.27. The third-order valence-electron chi connectivity index (χ3n) is 4.28. The van der Waals surface area contributed by atoms with Crippen LogP contribution < -0.4 is 9.47 Å². The molecule has 0 aliphatic carbocycles. The fourth-order valence-corrected chi connectivity index (χ4v) is 2.67. The molecule has 0 radical (unpaired) electrons. The van der Waals surface area contributed by atoms with E-state index in [0.717, 1.165) is 17.0 Å². The van der Waals surface area contributed by atoms with Crippen molar-refractivity contribution in [1.29, 1.82) is 0 Å². The standard InChI is InChI=1S/C21H26N2O3/c1-6-23(7-2)21(24)19-14-18(26-5)12-13-20(19)22-15(3)16-8-10-17(25-4)11-9-16/h8-14H,6-7H2,1-5H3. The van der Waals surface area contributed by atoms with Gasteiger partial charge in [-0.15, -0.1) is 0 Å². The predicted octanol–water partition coefficient (Wildman–Crippen LogP) is 4.33. The lowest BCUT2D eigenvalue weighted by Crippen LogP contribution is -2.30. The first kappa shape index (κ1) is 19.5. The molecular formula is C21H26N2O3. The van der Waals surface area contributed by atoms with E-state index in [9.17, 15) is 4.79 Å². The Kier molecular flexibility index (Phi) is 6.78. The van der Waals surface area contributed by atoms with Crippen LogP contribution in [0.2, 0.25) is 0 Å². The highest BCUT2D eigenvalue weighted by atomic mass is 16.5. The summed E-state index contributed by atoms with van der Waals surface area (Å²) in [5.41, 5.74) is 2.98. The smallest absolute Gasteiger partial charge is 0.256 e. The molecule has 26 heavy (non-hydrogen) atoms. The lowest BCUT2D eigenvalue weighted by Gasteiger charge is -2.20. The molecule has 0 heterocycles. The second kappa shape index (κ2) is 9.04. The Morgan fingerprint density at radius 2 is 1.54 bits per heavy atom. The minimum absolute atomic E-state index is 0.0461. The largest absolute Gasteiger partial charge is 0.497 e. The van der Waals surface area contributed by atoms with Crippen molar-refractivity contribution in [2.45, 2.75) is 20.8 Å². The fourth-order valence-electron chi connectivity index (χ4n) is 2.67. The van der Waals surface area contributed by atoms with Crippen molar-refractivity contribution in [3.8, 4) is 11.5 Å². The number of amides is 1. The zero-order valence-corrected chi connectivity index (χ0v) is 16.1. The first-order chi connectivity index (χ1) is 12.5. The van der Waals surface area contributed by atoms with E-state index in [1.165, 1.54) is 0 Å². The van der Waals surface area contributed by atoms with Crippen LogP contribution in [-0.4, -0.2) is 43.8 Å². The van der Waals surface area contributed by atoms with Gasteiger partial charge in [0.2, 0.25) is 0 Å². The second-order valence-electron chi connectivity index (χ2n) is 5.79. The van der Waals surface area contributed by atoms with Gasteiger partial charge in [0.05, 0.1) is 25.5 Å². The van der Waals surface area contributed by atoms with E-state index in [-0.39, 0.29) is 5.91 Å². The van der Waals surface area contributed by atoms with Crippen molar-refractivity contribution in [2.75, 3.05) is 27.3 Å². The Morgan fingerprint density at radius 1 is 0.962 bits per heavy atom. The molecule has 2 aromatic carbocycles. The van der Waals surface area contributed by atoms with E-state index in [1.807, 2.05) is 57.2 Å². The quantitative estimate of drug-likeness (QED) is 0.696. The summed E-state index contributed by atoms with van der Waals surface area (Å²) < 4.78 is 10.5. The molecule has 0 aromatic heterocycles. The van der Waals surface area contributed by atoms with Crippen LogP contribution in [0.1, 0.15) is 36.7 Å². The number of hydrogen-bond acceptors (Lipinski definition) is 4. The monoisotopic (exact) mass is 354 g/mol. The van der Waals surface area contributed by atoms with Crippen LogP contribution in [0.3, 0.4) is 0 Å². The number of aliphatic imine (C=N–C) groups is 1. The van der Waals surface area contributed by atoms with Crippen molar-refractivity contribution < 1.29 is 14.3 Å². The maximum absolute atomic E-state index is 12.9. The van der Waals surface area contributed by atoms with Gasteiger partial charge in [-0.3, -0.25) is 9.79 Å². The summed E-state index contributed by atoms with van der Waals surface area (Å²) in [6.07, 6.45) is 0. The summed E-state index contributed by atoms with van der Waals surface area (Å²) in [6, 6.07) is 13.1. The minimum atomic E-state index is -0.0461. The van der Waals surface area contributed by atoms with Gasteiger partial charge in [-0.1, -0.05) is 0 Å². The normalized spacial score (nSPS) is 11.2. The number of nitrogens with zero attached hydrogens (tertiary/aromatic N) is 2. The molecule has 5 heteroatoms. The predicted molar refractivity (Wildman–Crippen MR) is 105 cm³/mol. The van der Waals surface area contributed by atoms with Gasteiger partial charge in [0.1, 0.15) is 11.5 Å². The van der Waals surface area contributed by atoms with Crippen molar-refractivity contribution >= 4 is 17.3 Å². The zero-order chi connectivity index (χ0) is 19.1. The van der Waals surface area contributed by atoms with E-state index >= 15 is 0 Å². The van der Waals surface area contributed by atoms with Crippen molar-refractivity contribution in [3.63, 3.8) is 0 Å². The summed E-state index contributed by atoms with van der Waals surface area (Å²) in [4.78, 5) is 19.4. The van der Waals surface area contributed by atoms with Gasteiger partial charge >= 0.3 is 0 Å². The molecular weight excluding hydrogens is 328 g/mol. The molecule has 0 fully saturated rings. The van der Waals surface area contributed by atoms with Crippen LogP contribution in [-0.2, 0) is 0 Å². The summed E-state index contributed by atoms with van der Waals surface area (Å²) in [6.45, 7) is 7.15. The maximum Gasteiger partial charge on any atom is 0.256 e. The summed E-state index contributed by atoms with van der Waals surface area (Å²) in [5, 5.41) is 0. The topological polar surface area (TPSA) is 51.1 Å². The number of carbonyl (C=O) groups excluding carboxylic acids is 1. The molecule has 0 atom stereocenters. The molecule has 2 aromatic rings. The van der Waals surface area contributed by atoms with Gasteiger partial charge in [-0.2, -0.15) is 0 Å². The summed E-state index contributed by atoms with van der Waals surface area (Å²) in [7, 11) is 3.23. The number of carbonyl (C=O) groups is 1. The van der Waals surface area contributed by atoms with Crippen molar-refractivity contribution in [1.82, 2.24) is 4.90 Å². The van der Waals surface area contributed by atoms with Gasteiger partial charge in [-0.05, 0) is 68.8 Å². The van der Waals surface area contributed by atoms with E-state index < -0.39 is 0 Å². The summed E-state index contributed by atoms with van der Waals surface area (Å²) >= 11 is 0. The molecule has 0 bridgehead atoms. The lowest BCUT2D eigenvalue weighted by molar-refractivity contribution is 0.0773. The van der Waals surface area contributed by atoms with Gasteiger partial charge < -0.3 is 14.4 Å². The fraction of sp³-hybridized carbons (Fsp3) is 0.333. The van der Waals surface area contributed by atoms with Gasteiger partial charge in [0, 0.05) is 18.8 Å². The van der Waals surface area contributed by atoms with Crippen molar-refractivity contribution in [2.24, 2.45) is 4.99 Å². The highest BCUT2D eigenvalue weighted by Gasteiger charge is 2.18. The van der Waals surface area contributed by atoms with Crippen molar-refractivity contribution in [3.05, 3.63) is 53.6 Å². The van der Waals surface area contributed by atoms with Gasteiger partial charge in [0.25, 0.3) is 5.91 Å². The van der Waals surface area contributed by atoms with E-state index in [1.54, 1.807) is 25.2 Å². The molecule has 0 unspecified atom stereocenters. The van der Waals surface area contributed by atoms with E-state index in [2.05, 4.69) is 0 Å². The maximum atomic E-state index is 12.9. The van der Waals surface area contributed by atoms with E-state index in [4.69, 9.17) is 14.5 Å². The van der Waals surface area contributed by atoms with Crippen LogP contribution >= 0.6 is 0 Å². The Bertz CT molecular complexity index is 778. The number of rotatable bonds is 7. The highest BCUT2D eigenvalue weighted by molar-refractivity contribution is 6.04. The first-order valence-electron chi connectivity index (χ1n) is 8.71. The molecule has 0 saturated carbocycles. The average molecular weight is 354 g/mol. The molecule has 0 N–H and O–H groups in total. The molecule has 0 spiro atoms. The number of benzene rings is 2. The van der Waals surface area contributed by atoms with Gasteiger partial charge in [-0.25, -0.2) is 0 Å². The average Bonchev–Trinajstić information content (AvgIpc) is 2.69. The zero-order valence-electron chi connectivity index (χ0n) is 16.1. The molecule has 0 aliphatic rings. The molecule has 5 nitrogen and oxygen atoms in total. The minimum Gasteiger partial charge on any atom is -0.497 e. The SMILES string of the molecule is CCN(CC)C(=O)c1cc(OC)ccc1N=C(C)c1ccc(OC)cc1. The van der Waals surface area contributed by atoms with Crippen LogP contribution in [0, 0.1) is 0 Å². The van der Waals surface area contributed by atoms with Crippen LogP contribution in [0.5, 0.6) is 11.5 Å². The molecule has 0 aliphatic heterocycles. The molecule has 138 valence electrons. The Hall–Kier alpha value is -2.82.